The fourth-order valence-electron chi connectivity index (χ4n) is 13.0. The van der Waals surface area contributed by atoms with Crippen LogP contribution in [-0.4, -0.2) is 61.6 Å². The number of nitrogens with zero attached hydrogens (tertiary/aromatic N) is 1. The van der Waals surface area contributed by atoms with Gasteiger partial charge in [-0.05, 0) is 124 Å². The first kappa shape index (κ1) is 52.5. The Labute approximate surface area is 381 Å². The summed E-state index contributed by atoms with van der Waals surface area (Å²) >= 11 is 0. The van der Waals surface area contributed by atoms with Crippen molar-refractivity contribution in [2.45, 2.75) is 234 Å². The van der Waals surface area contributed by atoms with E-state index in [2.05, 4.69) is 58.3 Å². The smallest absolute Gasteiger partial charge is 0.410 e. The number of amides is 3. The third kappa shape index (κ3) is 16.4. The van der Waals surface area contributed by atoms with Crippen molar-refractivity contribution < 1.29 is 19.1 Å². The molecule has 0 heterocycles. The van der Waals surface area contributed by atoms with Gasteiger partial charge in [-0.3, -0.25) is 14.5 Å². The molecule has 0 unspecified atom stereocenters. The molecule has 8 atom stereocenters. The first-order chi connectivity index (χ1) is 29.9. The van der Waals surface area contributed by atoms with Crippen LogP contribution in [0.1, 0.15) is 228 Å². The maximum atomic E-state index is 13.9. The number of ether oxygens (including phenoxy) is 1. The summed E-state index contributed by atoms with van der Waals surface area (Å²) in [6.07, 6.45) is 36.0. The van der Waals surface area contributed by atoms with Crippen molar-refractivity contribution in [1.82, 2.24) is 15.5 Å². The van der Waals surface area contributed by atoms with E-state index in [0.717, 1.165) is 93.3 Å². The van der Waals surface area contributed by atoms with Crippen LogP contribution in [0.2, 0.25) is 0 Å². The summed E-state index contributed by atoms with van der Waals surface area (Å²) in [5.41, 5.74) is 7.81. The number of carbonyl (C=O) groups is 3. The molecule has 8 heteroatoms. The molecule has 3 fully saturated rings. The van der Waals surface area contributed by atoms with E-state index in [1.807, 2.05) is 0 Å². The fraction of sp³-hybridized carbons (Fsp3) is 0.907. The van der Waals surface area contributed by atoms with Crippen molar-refractivity contribution in [3.05, 3.63) is 11.6 Å². The van der Waals surface area contributed by atoms with Crippen LogP contribution in [0.15, 0.2) is 11.6 Å². The Morgan fingerprint density at radius 1 is 0.742 bits per heavy atom. The van der Waals surface area contributed by atoms with Crippen LogP contribution in [-0.2, 0) is 14.3 Å². The van der Waals surface area contributed by atoms with Crippen LogP contribution < -0.4 is 16.4 Å². The summed E-state index contributed by atoms with van der Waals surface area (Å²) in [4.78, 5) is 41.2. The Balaban J connectivity index is 1.23. The van der Waals surface area contributed by atoms with Crippen molar-refractivity contribution >= 4 is 17.9 Å². The second-order valence-electron chi connectivity index (χ2n) is 21.9. The lowest BCUT2D eigenvalue weighted by atomic mass is 9.47. The standard InChI is InChI=1S/C54H98N4O4/c1-7-8-9-10-11-12-13-14-15-16-17-20-27-50(59)56-38-24-39-58(41-51(60)57-37-22-19-18-21-36-55)52(61)62-45-32-34-53(5)44(40-45)28-29-46-48-31-30-47(43(4)26-23-25-42(2)3)54(48,6)35-33-49(46)53/h28,42-43,45-49H,7-27,29-41,55H2,1-6H3,(H,56,59)(H,57,60)/t43-,45+,46+,47-,48+,49+,53+,54-/m1/s1. The van der Waals surface area contributed by atoms with Gasteiger partial charge in [-0.1, -0.05) is 156 Å². The van der Waals surface area contributed by atoms with E-state index in [-0.39, 0.29) is 29.9 Å². The molecule has 0 aromatic heterocycles. The molecule has 0 aromatic rings. The number of unbranched alkanes of at least 4 members (excludes halogenated alkanes) is 14. The fourth-order valence-corrected chi connectivity index (χ4v) is 13.0. The van der Waals surface area contributed by atoms with Gasteiger partial charge in [0.15, 0.2) is 0 Å². The molecule has 358 valence electrons. The number of allylic oxidation sites excluding steroid dienone is 1. The Hall–Kier alpha value is -2.09. The SMILES string of the molecule is CCCCCCCCCCCCCCC(=O)NCCCN(CC(=O)NCCCCCCN)C(=O)O[C@H]1CC[C@@]2(C)C(=CC[C@H]3[C@@H]4CC[C@H]([C@H](C)CCCC(C)C)[C@@]4(C)CC[C@@H]32)C1. The number of nitrogens with one attached hydrogen (secondary N) is 2. The molecule has 0 bridgehead atoms. The second kappa shape index (κ2) is 28.1. The van der Waals surface area contributed by atoms with E-state index in [9.17, 15) is 14.4 Å². The van der Waals surface area contributed by atoms with Gasteiger partial charge in [0.05, 0.1) is 0 Å². The van der Waals surface area contributed by atoms with Crippen LogP contribution in [0.25, 0.3) is 0 Å². The number of fused-ring (bicyclic) bond motifs is 5. The average molecular weight is 867 g/mol. The van der Waals surface area contributed by atoms with Crippen molar-refractivity contribution in [3.63, 3.8) is 0 Å². The summed E-state index contributed by atoms with van der Waals surface area (Å²) in [6.45, 7) is 16.9. The van der Waals surface area contributed by atoms with Crippen LogP contribution in [0.3, 0.4) is 0 Å². The molecule has 3 saturated carbocycles. The quantitative estimate of drug-likeness (QED) is 0.0474. The van der Waals surface area contributed by atoms with E-state index < -0.39 is 6.09 Å². The van der Waals surface area contributed by atoms with Gasteiger partial charge < -0.3 is 21.1 Å². The van der Waals surface area contributed by atoms with Crippen molar-refractivity contribution in [3.8, 4) is 0 Å². The van der Waals surface area contributed by atoms with Crippen molar-refractivity contribution in [1.29, 1.82) is 0 Å². The highest BCUT2D eigenvalue weighted by molar-refractivity contribution is 5.82. The van der Waals surface area contributed by atoms with Gasteiger partial charge in [-0.25, -0.2) is 4.79 Å². The highest BCUT2D eigenvalue weighted by Gasteiger charge is 2.59. The topological polar surface area (TPSA) is 114 Å². The lowest BCUT2D eigenvalue weighted by Crippen LogP contribution is -2.51. The maximum Gasteiger partial charge on any atom is 0.410 e. The van der Waals surface area contributed by atoms with Crippen LogP contribution in [0, 0.1) is 46.3 Å². The molecule has 0 aliphatic heterocycles. The number of nitrogens with two attached hydrogens (primary N) is 1. The lowest BCUT2D eigenvalue weighted by molar-refractivity contribution is -0.123. The molecular weight excluding hydrogens is 769 g/mol. The van der Waals surface area contributed by atoms with E-state index in [1.54, 1.807) is 4.90 Å². The molecule has 62 heavy (non-hydrogen) atoms. The minimum Gasteiger partial charge on any atom is -0.446 e. The van der Waals surface area contributed by atoms with Crippen LogP contribution in [0.4, 0.5) is 4.79 Å². The highest BCUT2D eigenvalue weighted by atomic mass is 16.6. The Morgan fingerprint density at radius 3 is 2.08 bits per heavy atom. The summed E-state index contributed by atoms with van der Waals surface area (Å²) in [5, 5.41) is 6.09. The zero-order valence-corrected chi connectivity index (χ0v) is 41.3. The molecule has 4 rings (SSSR count). The van der Waals surface area contributed by atoms with Gasteiger partial charge in [0, 0.05) is 32.5 Å². The minimum absolute atomic E-state index is 0.0250. The molecule has 4 N–H and O–H groups in total. The largest absolute Gasteiger partial charge is 0.446 e. The molecule has 8 nitrogen and oxygen atoms in total. The van der Waals surface area contributed by atoms with Gasteiger partial charge in [0.25, 0.3) is 0 Å². The Morgan fingerprint density at radius 2 is 1.39 bits per heavy atom. The third-order valence-electron chi connectivity index (χ3n) is 16.8. The average Bonchev–Trinajstić information content (AvgIpc) is 3.60. The van der Waals surface area contributed by atoms with E-state index in [4.69, 9.17) is 10.5 Å². The zero-order valence-electron chi connectivity index (χ0n) is 41.3. The van der Waals surface area contributed by atoms with Gasteiger partial charge in [-0.2, -0.15) is 0 Å². The second-order valence-corrected chi connectivity index (χ2v) is 21.9. The molecule has 3 amide bonds. The molecule has 0 radical (unpaired) electrons. The van der Waals surface area contributed by atoms with E-state index in [0.29, 0.717) is 44.4 Å². The summed E-state index contributed by atoms with van der Waals surface area (Å²) in [5.74, 6) is 4.72. The number of hydrogen-bond donors (Lipinski definition) is 3. The monoisotopic (exact) mass is 867 g/mol. The van der Waals surface area contributed by atoms with Gasteiger partial charge in [0.1, 0.15) is 12.6 Å². The number of carbonyl (C=O) groups excluding carboxylic acids is 3. The summed E-state index contributed by atoms with van der Waals surface area (Å²) in [6, 6.07) is 0. The Kier molecular flexibility index (Phi) is 23.8. The highest BCUT2D eigenvalue weighted by Crippen LogP contribution is 2.67. The predicted molar refractivity (Wildman–Crippen MR) is 259 cm³/mol. The zero-order chi connectivity index (χ0) is 44.8. The third-order valence-corrected chi connectivity index (χ3v) is 16.8. The molecule has 0 aromatic carbocycles. The summed E-state index contributed by atoms with van der Waals surface area (Å²) in [7, 11) is 0. The van der Waals surface area contributed by atoms with Gasteiger partial charge in [0.2, 0.25) is 11.8 Å². The van der Waals surface area contributed by atoms with E-state index in [1.165, 1.54) is 121 Å². The van der Waals surface area contributed by atoms with Crippen LogP contribution >= 0.6 is 0 Å². The van der Waals surface area contributed by atoms with Crippen LogP contribution in [0.5, 0.6) is 0 Å². The molecule has 0 saturated heterocycles. The van der Waals surface area contributed by atoms with Crippen molar-refractivity contribution in [2.24, 2.45) is 52.1 Å². The van der Waals surface area contributed by atoms with E-state index >= 15 is 0 Å². The van der Waals surface area contributed by atoms with Gasteiger partial charge in [-0.15, -0.1) is 0 Å². The Bertz CT molecular complexity index is 1340. The number of rotatable bonds is 31. The first-order valence-corrected chi connectivity index (χ1v) is 26.8. The number of hydrogen-bond acceptors (Lipinski definition) is 5. The van der Waals surface area contributed by atoms with Crippen molar-refractivity contribution in [2.75, 3.05) is 32.7 Å². The maximum absolute atomic E-state index is 13.9. The summed E-state index contributed by atoms with van der Waals surface area (Å²) < 4.78 is 6.30. The first-order valence-electron chi connectivity index (χ1n) is 26.8. The normalized spacial score (nSPS) is 27.2. The molecular formula is C54H98N4O4. The molecule has 4 aliphatic rings. The van der Waals surface area contributed by atoms with Gasteiger partial charge >= 0.3 is 6.09 Å². The molecule has 0 spiro atoms. The lowest BCUT2D eigenvalue weighted by Gasteiger charge is -2.58. The molecule has 4 aliphatic carbocycles. The minimum atomic E-state index is -0.401. The predicted octanol–water partition coefficient (Wildman–Crippen LogP) is 13.1.